The average Bonchev–Trinajstić information content (AvgIpc) is 3.73. The van der Waals surface area contributed by atoms with E-state index >= 15 is 0 Å². The van der Waals surface area contributed by atoms with Gasteiger partial charge in [0.15, 0.2) is 13.1 Å². The summed E-state index contributed by atoms with van der Waals surface area (Å²) >= 11 is 0. The molecule has 0 spiro atoms. The minimum Gasteiger partial charge on any atom is -0.550 e. The number of quaternary nitrogens is 1. The molecule has 7 rings (SSSR count). The summed E-state index contributed by atoms with van der Waals surface area (Å²) in [5.41, 5.74) is 0. The largest absolute Gasteiger partial charge is 0.550 e. The molecule has 7 heterocycles. The fourth-order valence-electron chi connectivity index (χ4n) is 6.83. The maximum Gasteiger partial charge on any atom is 0.320 e. The first-order valence-electron chi connectivity index (χ1n) is 13.9. The number of likely N-dealkylation sites (N-methyl/N-ethyl adjacent to an activating group) is 1. The first-order chi connectivity index (χ1) is 18.2. The average molecular weight is 536 g/mol. The summed E-state index contributed by atoms with van der Waals surface area (Å²) in [5.74, 6) is -3.78. The lowest BCUT2D eigenvalue weighted by Crippen LogP contribution is -3.12. The Morgan fingerprint density at radius 3 is 1.92 bits per heavy atom. The molecular weight excluding hydrogens is 496 g/mol. The number of amides is 1. The first-order valence-corrected chi connectivity index (χ1v) is 13.9. The predicted octanol–water partition coefficient (Wildman–Crippen LogP) is -3.95. The topological polar surface area (TPSA) is 142 Å². The molecule has 8 atom stereocenters. The van der Waals surface area contributed by atoms with Crippen LogP contribution in [0.4, 0.5) is 0 Å². The molecule has 7 fully saturated rings. The number of aliphatic carboxylic acids is 1. The number of carbonyl (C=O) groups excluding carboxylic acids is 4. The van der Waals surface area contributed by atoms with Gasteiger partial charge in [-0.3, -0.25) is 14.4 Å². The van der Waals surface area contributed by atoms with Crippen LogP contribution in [-0.2, 0) is 33.4 Å². The molecule has 0 aliphatic carbocycles. The van der Waals surface area contributed by atoms with Gasteiger partial charge in [-0.25, -0.2) is 4.58 Å². The Morgan fingerprint density at radius 2 is 1.42 bits per heavy atom. The van der Waals surface area contributed by atoms with Gasteiger partial charge in [-0.2, -0.15) is 0 Å². The maximum atomic E-state index is 12.6. The van der Waals surface area contributed by atoms with Crippen LogP contribution in [0.1, 0.15) is 25.7 Å². The molecule has 4 bridgehead atoms. The summed E-state index contributed by atoms with van der Waals surface area (Å²) < 4.78 is 17.7. The Hall–Kier alpha value is -2.41. The quantitative estimate of drug-likeness (QED) is 0.206. The standard InChI is InChI=1S/C13H20N2O4.C8H8O4.C5H11N2/c1-14-4-6-15(7-5-14)12(16)10-8-2-3-9(19-8)11(10)13(17)18;9-7-5-3-1-2-4(11-3)6(5)8(10)12-7;1-7-4-2-6-3-5-7/h8-11H,2-7H2,1H3,(H,17,18);3-6H,1-2H2;6H,1-5H2/q;;+1/t8-,9+,10?,11?;3-,4+,5?,6?;/m0../s1. The van der Waals surface area contributed by atoms with Gasteiger partial charge in [0.05, 0.1) is 88.5 Å². The first kappa shape index (κ1) is 27.2. The van der Waals surface area contributed by atoms with Crippen LogP contribution in [0.15, 0.2) is 0 Å². The summed E-state index contributed by atoms with van der Waals surface area (Å²) in [5, 5.41) is 14.5. The Bertz CT molecular complexity index is 933. The molecule has 7 aliphatic rings. The van der Waals surface area contributed by atoms with Crippen LogP contribution in [0.25, 0.3) is 0 Å². The number of carboxylic acids is 1. The number of nitrogens with one attached hydrogen (secondary N) is 2. The summed E-state index contributed by atoms with van der Waals surface area (Å²) in [6.07, 6.45) is 2.71. The Balaban J connectivity index is 0.000000131. The van der Waals surface area contributed by atoms with Gasteiger partial charge in [0.2, 0.25) is 5.91 Å². The van der Waals surface area contributed by atoms with Crippen molar-refractivity contribution in [2.75, 3.05) is 59.4 Å². The van der Waals surface area contributed by atoms with Gasteiger partial charge in [-0.1, -0.05) is 0 Å². The summed E-state index contributed by atoms with van der Waals surface area (Å²) in [7, 11) is 2.10. The van der Waals surface area contributed by atoms with Crippen molar-refractivity contribution in [2.45, 2.75) is 50.1 Å². The van der Waals surface area contributed by atoms with Crippen LogP contribution >= 0.6 is 0 Å². The van der Waals surface area contributed by atoms with Crippen molar-refractivity contribution in [3.63, 3.8) is 0 Å². The molecule has 7 saturated heterocycles. The molecule has 12 heteroatoms. The minimum absolute atomic E-state index is 0.0426. The van der Waals surface area contributed by atoms with Crippen LogP contribution in [-0.4, -0.2) is 124 Å². The van der Waals surface area contributed by atoms with Crippen molar-refractivity contribution in [1.82, 2.24) is 10.2 Å². The van der Waals surface area contributed by atoms with Gasteiger partial charge in [-0.05, 0) is 25.7 Å². The normalized spacial score (nSPS) is 39.2. The molecule has 7 aliphatic heterocycles. The molecule has 0 radical (unpaired) electrons. The van der Waals surface area contributed by atoms with E-state index in [1.54, 1.807) is 4.90 Å². The Labute approximate surface area is 222 Å². The number of hydrogen-bond acceptors (Lipinski definition) is 9. The van der Waals surface area contributed by atoms with E-state index in [1.807, 2.05) is 0 Å². The second kappa shape index (κ2) is 11.4. The molecule has 0 aromatic heterocycles. The van der Waals surface area contributed by atoms with Gasteiger partial charge in [0, 0.05) is 11.9 Å². The van der Waals surface area contributed by atoms with Crippen molar-refractivity contribution >= 4 is 30.5 Å². The SMILES string of the molecule is C=[N+]1CCNCC1.C[NH+]1CCN(C(=O)C2C(C(=O)[O-])[C@H]3CC[C@@H]2O3)CC1.O=C1OC(=O)C2C1[C@@H]1CC[C@H]2O1. The number of ether oxygens (including phenoxy) is 3. The second-order valence-corrected chi connectivity index (χ2v) is 11.4. The third kappa shape index (κ3) is 5.36. The molecule has 210 valence electrons. The molecule has 2 N–H and O–H groups in total. The van der Waals surface area contributed by atoms with Crippen LogP contribution < -0.4 is 15.3 Å². The highest BCUT2D eigenvalue weighted by Gasteiger charge is 2.61. The number of fused-ring (bicyclic) bond motifs is 7. The number of carboxylic acid groups (broad SMARTS) is 1. The van der Waals surface area contributed by atoms with Crippen LogP contribution in [0.5, 0.6) is 0 Å². The molecule has 38 heavy (non-hydrogen) atoms. The molecule has 0 aromatic carbocycles. The highest BCUT2D eigenvalue weighted by Crippen LogP contribution is 2.47. The zero-order valence-electron chi connectivity index (χ0n) is 22.0. The van der Waals surface area contributed by atoms with Gasteiger partial charge in [-0.15, -0.1) is 0 Å². The summed E-state index contributed by atoms with van der Waals surface area (Å²) in [6.45, 7) is 11.4. The molecular formula is C26H39N4O8+. The monoisotopic (exact) mass is 535 g/mol. The Kier molecular flexibility index (Phi) is 8.13. The lowest BCUT2D eigenvalue weighted by Gasteiger charge is -2.35. The lowest BCUT2D eigenvalue weighted by molar-refractivity contribution is -0.883. The highest BCUT2D eigenvalue weighted by molar-refractivity contribution is 5.97. The molecule has 1 amide bonds. The molecule has 12 nitrogen and oxygen atoms in total. The van der Waals surface area contributed by atoms with Crippen molar-refractivity contribution in [2.24, 2.45) is 23.7 Å². The number of nitrogens with zero attached hydrogens (tertiary/aromatic N) is 2. The van der Waals surface area contributed by atoms with Gasteiger partial charge >= 0.3 is 11.9 Å². The van der Waals surface area contributed by atoms with Crippen molar-refractivity contribution in [3.05, 3.63) is 0 Å². The highest BCUT2D eigenvalue weighted by atomic mass is 16.6. The third-order valence-corrected chi connectivity index (χ3v) is 8.99. The number of cyclic esters (lactones) is 2. The van der Waals surface area contributed by atoms with E-state index in [0.717, 1.165) is 65.0 Å². The maximum absolute atomic E-state index is 12.6. The zero-order valence-corrected chi connectivity index (χ0v) is 22.0. The smallest absolute Gasteiger partial charge is 0.320 e. The van der Waals surface area contributed by atoms with E-state index in [0.29, 0.717) is 13.1 Å². The number of hydrogen-bond donors (Lipinski definition) is 2. The van der Waals surface area contributed by atoms with E-state index in [9.17, 15) is 24.3 Å². The van der Waals surface area contributed by atoms with E-state index < -0.39 is 17.8 Å². The molecule has 0 saturated carbocycles. The fraction of sp³-hybridized carbons (Fsp3) is 0.808. The number of carbonyl (C=O) groups is 4. The summed E-state index contributed by atoms with van der Waals surface area (Å²) in [6, 6.07) is 0. The Morgan fingerprint density at radius 1 is 0.921 bits per heavy atom. The molecule has 4 unspecified atom stereocenters. The third-order valence-electron chi connectivity index (χ3n) is 8.99. The van der Waals surface area contributed by atoms with Gasteiger partial charge < -0.3 is 39.2 Å². The minimum atomic E-state index is -1.13. The number of rotatable bonds is 2. The lowest BCUT2D eigenvalue weighted by atomic mass is 9.78. The van der Waals surface area contributed by atoms with E-state index in [1.165, 1.54) is 4.90 Å². The number of piperazine rings is 2. The van der Waals surface area contributed by atoms with Gasteiger partial charge in [0.1, 0.15) is 6.72 Å². The van der Waals surface area contributed by atoms with Crippen molar-refractivity contribution in [1.29, 1.82) is 0 Å². The van der Waals surface area contributed by atoms with E-state index in [2.05, 4.69) is 28.4 Å². The van der Waals surface area contributed by atoms with Crippen LogP contribution in [0, 0.1) is 23.7 Å². The van der Waals surface area contributed by atoms with Gasteiger partial charge in [0.25, 0.3) is 0 Å². The van der Waals surface area contributed by atoms with Crippen LogP contribution in [0.2, 0.25) is 0 Å². The molecule has 0 aromatic rings. The van der Waals surface area contributed by atoms with E-state index in [-0.39, 0.29) is 54.1 Å². The second-order valence-electron chi connectivity index (χ2n) is 11.4. The van der Waals surface area contributed by atoms with Crippen molar-refractivity contribution < 1.29 is 48.0 Å². The number of esters is 2. The fourth-order valence-corrected chi connectivity index (χ4v) is 6.83. The predicted molar refractivity (Wildman–Crippen MR) is 129 cm³/mol. The van der Waals surface area contributed by atoms with Crippen molar-refractivity contribution in [3.8, 4) is 0 Å². The zero-order chi connectivity index (χ0) is 27.0. The van der Waals surface area contributed by atoms with E-state index in [4.69, 9.17) is 9.47 Å². The summed E-state index contributed by atoms with van der Waals surface area (Å²) in [4.78, 5) is 49.3. The van der Waals surface area contributed by atoms with Crippen LogP contribution in [0.3, 0.4) is 0 Å².